The maximum Gasteiger partial charge on any atom is 0.137 e. The Hall–Kier alpha value is -12.2. The van der Waals surface area contributed by atoms with E-state index in [0.717, 1.165) is 134 Å². The summed E-state index contributed by atoms with van der Waals surface area (Å²) in [6, 6.07) is 106. The van der Waals surface area contributed by atoms with Crippen LogP contribution >= 0.6 is 0 Å². The van der Waals surface area contributed by atoms with Crippen molar-refractivity contribution in [3.05, 3.63) is 406 Å². The topological polar surface area (TPSA) is 19.6 Å². The molecule has 2 unspecified atom stereocenters. The van der Waals surface area contributed by atoms with Crippen molar-refractivity contribution < 1.29 is 13.2 Å². The lowest BCUT2D eigenvalue weighted by molar-refractivity contribution is 0.627. The fraction of sp³-hybridized carbons (Fsp3) is 0.0638. The zero-order chi connectivity index (χ0) is 67.3. The Morgan fingerprint density at radius 3 is 1.05 bits per heavy atom. The van der Waals surface area contributed by atoms with Gasteiger partial charge in [0.15, 0.2) is 0 Å². The number of anilines is 6. The van der Waals surface area contributed by atoms with Crippen LogP contribution in [-0.4, -0.2) is 0 Å². The molecule has 0 fully saturated rings. The van der Waals surface area contributed by atoms with E-state index in [1.807, 2.05) is 60.7 Å². The minimum atomic E-state index is -0.774. The molecule has 0 aliphatic heterocycles. The maximum absolute atomic E-state index is 15.6. The Morgan fingerprint density at radius 1 is 0.313 bits per heavy atom. The standard InChI is InChI=1S/C94H68F2N2O/c1-7-63-27-31-65(32-28-63)67-35-39-69(40-36-67)93(83-55-59(3)23-25-61(83)5)81-17-11-9-15-77(81)79-53-51-75(57-85(79)93)97(73-47-43-71(95)44-48-73)87-19-13-21-89-91(87)92-88(20-14-22-90(92)99-89)98(74-49-45-72(96)46-50-74)76-52-54-80-78-16-10-12-18-82(78)94(86(80)58-76,84-56-60(4)24-26-62(84)6)70-41-37-68(38-42-70)66-33-29-64(8-2)30-34-66/h7-58H,1-2H2,3-6H3. The Labute approximate surface area is 576 Å². The van der Waals surface area contributed by atoms with Crippen LogP contribution in [0, 0.1) is 39.3 Å². The molecule has 2 aliphatic carbocycles. The highest BCUT2D eigenvalue weighted by Crippen LogP contribution is 2.61. The highest BCUT2D eigenvalue weighted by molar-refractivity contribution is 6.19. The second-order valence-electron chi connectivity index (χ2n) is 26.5. The number of hydrogen-bond acceptors (Lipinski definition) is 3. The van der Waals surface area contributed by atoms with Crippen LogP contribution in [0.25, 0.3) is 78.6 Å². The van der Waals surface area contributed by atoms with Crippen molar-refractivity contribution in [3.63, 3.8) is 0 Å². The maximum atomic E-state index is 15.6. The van der Waals surface area contributed by atoms with Gasteiger partial charge in [-0.3, -0.25) is 0 Å². The van der Waals surface area contributed by atoms with E-state index in [4.69, 9.17) is 4.42 Å². The summed E-state index contributed by atoms with van der Waals surface area (Å²) in [5.41, 5.74) is 29.9. The summed E-state index contributed by atoms with van der Waals surface area (Å²) in [4.78, 5) is 4.52. The minimum absolute atomic E-state index is 0.341. The van der Waals surface area contributed by atoms with Crippen molar-refractivity contribution in [3.8, 4) is 44.5 Å². The summed E-state index contributed by atoms with van der Waals surface area (Å²) in [5.74, 6) is -0.681. The summed E-state index contributed by atoms with van der Waals surface area (Å²) in [6.45, 7) is 16.8. The lowest BCUT2D eigenvalue weighted by atomic mass is 9.66. The van der Waals surface area contributed by atoms with Crippen LogP contribution in [0.15, 0.2) is 321 Å². The van der Waals surface area contributed by atoms with Gasteiger partial charge in [0.2, 0.25) is 0 Å². The number of benzene rings is 14. The molecule has 0 saturated heterocycles. The molecule has 0 bridgehead atoms. The fourth-order valence-corrected chi connectivity index (χ4v) is 16.3. The monoisotopic (exact) mass is 1280 g/mol. The van der Waals surface area contributed by atoms with E-state index in [-0.39, 0.29) is 11.6 Å². The Balaban J connectivity index is 0.890. The number of aryl methyl sites for hydroxylation is 4. The van der Waals surface area contributed by atoms with Gasteiger partial charge in [0.05, 0.1) is 33.0 Å². The molecule has 0 amide bonds. The number of fused-ring (bicyclic) bond motifs is 9. The molecule has 0 spiro atoms. The van der Waals surface area contributed by atoms with Crippen molar-refractivity contribution in [2.24, 2.45) is 0 Å². The van der Waals surface area contributed by atoms with E-state index in [9.17, 15) is 0 Å². The van der Waals surface area contributed by atoms with Crippen LogP contribution in [0.2, 0.25) is 0 Å². The van der Waals surface area contributed by atoms with Crippen LogP contribution in [-0.2, 0) is 10.8 Å². The van der Waals surface area contributed by atoms with Crippen LogP contribution < -0.4 is 9.80 Å². The number of rotatable bonds is 14. The van der Waals surface area contributed by atoms with Gasteiger partial charge in [-0.1, -0.05) is 243 Å². The van der Waals surface area contributed by atoms with Crippen LogP contribution in [0.3, 0.4) is 0 Å². The third kappa shape index (κ3) is 9.66. The number of furan rings is 1. The van der Waals surface area contributed by atoms with Crippen molar-refractivity contribution in [2.45, 2.75) is 38.5 Å². The van der Waals surface area contributed by atoms with E-state index in [1.165, 1.54) is 57.6 Å². The smallest absolute Gasteiger partial charge is 0.137 e. The van der Waals surface area contributed by atoms with Gasteiger partial charge in [-0.15, -0.1) is 0 Å². The first-order valence-electron chi connectivity index (χ1n) is 33.8. The van der Waals surface area contributed by atoms with Gasteiger partial charge in [0.25, 0.3) is 0 Å². The van der Waals surface area contributed by atoms with Crippen molar-refractivity contribution in [2.75, 3.05) is 9.80 Å². The Kier molecular flexibility index (Phi) is 14.6. The third-order valence-electron chi connectivity index (χ3n) is 20.9. The zero-order valence-corrected chi connectivity index (χ0v) is 55.5. The van der Waals surface area contributed by atoms with Gasteiger partial charge in [0.1, 0.15) is 22.8 Å². The van der Waals surface area contributed by atoms with Gasteiger partial charge < -0.3 is 14.2 Å². The van der Waals surface area contributed by atoms with Crippen LogP contribution in [0.5, 0.6) is 0 Å². The van der Waals surface area contributed by atoms with E-state index in [2.05, 4.69) is 281 Å². The van der Waals surface area contributed by atoms with Crippen LogP contribution in [0.4, 0.5) is 42.9 Å². The molecule has 0 saturated carbocycles. The molecule has 0 radical (unpaired) electrons. The minimum Gasteiger partial charge on any atom is -0.456 e. The van der Waals surface area contributed by atoms with Crippen molar-refractivity contribution >= 4 is 68.2 Å². The lowest BCUT2D eigenvalue weighted by Crippen LogP contribution is -2.30. The van der Waals surface area contributed by atoms with Crippen molar-refractivity contribution in [1.29, 1.82) is 0 Å². The van der Waals surface area contributed by atoms with E-state index in [0.29, 0.717) is 11.2 Å². The predicted molar refractivity (Wildman–Crippen MR) is 408 cm³/mol. The molecule has 99 heavy (non-hydrogen) atoms. The van der Waals surface area contributed by atoms with E-state index >= 15 is 8.78 Å². The molecule has 3 nitrogen and oxygen atoms in total. The summed E-state index contributed by atoms with van der Waals surface area (Å²) < 4.78 is 38.3. The summed E-state index contributed by atoms with van der Waals surface area (Å²) in [7, 11) is 0. The van der Waals surface area contributed by atoms with Gasteiger partial charge in [-0.2, -0.15) is 0 Å². The molecule has 14 aromatic carbocycles. The lowest BCUT2D eigenvalue weighted by Gasteiger charge is -2.36. The third-order valence-corrected chi connectivity index (χ3v) is 20.9. The highest BCUT2D eigenvalue weighted by Gasteiger charge is 2.49. The average Bonchev–Trinajstić information content (AvgIpc) is 1.56. The molecule has 474 valence electrons. The SMILES string of the molecule is C=Cc1ccc(-c2ccc(C3(c4cc(C)ccc4C)c4ccccc4-c4ccc(N(c5ccc(F)cc5)c5cccc6oc7cccc(N(c8ccc(F)cc8)c8ccc9c(c8)C(c8ccc(-c%10ccc(C=C)cc%10)cc8)(c8cc(C)ccc8C)c8ccccc8-9)c7c56)cc43)cc2)cc1. The van der Waals surface area contributed by atoms with Crippen molar-refractivity contribution in [1.82, 2.24) is 0 Å². The number of hydrogen-bond donors (Lipinski definition) is 0. The molecule has 15 aromatic rings. The molecule has 17 rings (SSSR count). The molecule has 5 heteroatoms. The van der Waals surface area contributed by atoms with Crippen LogP contribution in [0.1, 0.15) is 77.9 Å². The first-order valence-corrected chi connectivity index (χ1v) is 33.8. The van der Waals surface area contributed by atoms with Gasteiger partial charge in [-0.05, 0) is 236 Å². The number of halogens is 2. The first kappa shape index (κ1) is 60.5. The molecule has 1 aromatic heterocycles. The highest BCUT2D eigenvalue weighted by atomic mass is 19.1. The molecular weight excluding hydrogens is 1210 g/mol. The van der Waals surface area contributed by atoms with Gasteiger partial charge >= 0.3 is 0 Å². The largest absolute Gasteiger partial charge is 0.456 e. The Bertz CT molecular complexity index is 5360. The van der Waals surface area contributed by atoms with Gasteiger partial charge in [0, 0.05) is 22.7 Å². The molecule has 0 N–H and O–H groups in total. The summed E-state index contributed by atoms with van der Waals surface area (Å²) in [6.07, 6.45) is 3.75. The second kappa shape index (κ2) is 23.9. The Morgan fingerprint density at radius 2 is 0.667 bits per heavy atom. The van der Waals surface area contributed by atoms with E-state index in [1.54, 1.807) is 0 Å². The summed E-state index contributed by atoms with van der Waals surface area (Å²) >= 11 is 0. The molecule has 1 heterocycles. The quantitative estimate of drug-likeness (QED) is 0.108. The zero-order valence-electron chi connectivity index (χ0n) is 55.5. The first-order chi connectivity index (χ1) is 48.4. The summed E-state index contributed by atoms with van der Waals surface area (Å²) in [5, 5.41) is 1.69. The van der Waals surface area contributed by atoms with E-state index < -0.39 is 10.8 Å². The molecule has 2 aliphatic rings. The molecule has 2 atom stereocenters. The van der Waals surface area contributed by atoms with Gasteiger partial charge in [-0.25, -0.2) is 8.78 Å². The predicted octanol–water partition coefficient (Wildman–Crippen LogP) is 25.4. The normalized spacial score (nSPS) is 14.9. The average molecular weight is 1280 g/mol. The molecular formula is C94H68F2N2O. The number of nitrogens with zero attached hydrogens (tertiary/aromatic N) is 2. The second-order valence-corrected chi connectivity index (χ2v) is 26.5. The fourth-order valence-electron chi connectivity index (χ4n) is 16.3.